The molecule has 140 valence electrons. The van der Waals surface area contributed by atoms with Crippen molar-refractivity contribution >= 4 is 11.6 Å². The van der Waals surface area contributed by atoms with Gasteiger partial charge < -0.3 is 10.2 Å². The Morgan fingerprint density at radius 1 is 1.04 bits per heavy atom. The highest BCUT2D eigenvalue weighted by molar-refractivity contribution is 5.79. The van der Waals surface area contributed by atoms with Gasteiger partial charge in [0.1, 0.15) is 0 Å². The lowest BCUT2D eigenvalue weighted by molar-refractivity contribution is -0.120. The summed E-state index contributed by atoms with van der Waals surface area (Å²) in [7, 11) is 4.02. The summed E-state index contributed by atoms with van der Waals surface area (Å²) < 4.78 is 1.90. The van der Waals surface area contributed by atoms with Gasteiger partial charge in [-0.2, -0.15) is 5.10 Å². The quantitative estimate of drug-likeness (QED) is 0.731. The first-order valence-corrected chi connectivity index (χ1v) is 9.09. The van der Waals surface area contributed by atoms with Crippen molar-refractivity contribution in [1.29, 1.82) is 0 Å². The minimum Gasteiger partial charge on any atom is -0.378 e. The van der Waals surface area contributed by atoms with Gasteiger partial charge in [0.05, 0.1) is 17.8 Å². The summed E-state index contributed by atoms with van der Waals surface area (Å²) in [5.41, 5.74) is 6.11. The molecule has 0 aliphatic heterocycles. The van der Waals surface area contributed by atoms with Gasteiger partial charge >= 0.3 is 0 Å². The van der Waals surface area contributed by atoms with E-state index in [4.69, 9.17) is 0 Å². The molecule has 27 heavy (non-hydrogen) atoms. The number of carbonyl (C=O) groups is 1. The smallest absolute Gasteiger partial charge is 0.224 e. The van der Waals surface area contributed by atoms with Crippen LogP contribution in [0, 0.1) is 13.8 Å². The minimum absolute atomic E-state index is 0.00509. The van der Waals surface area contributed by atoms with E-state index in [2.05, 4.69) is 27.4 Å². The fraction of sp³-hybridized carbons (Fsp3) is 0.273. The summed E-state index contributed by atoms with van der Waals surface area (Å²) in [5.74, 6) is 0.00509. The first kappa shape index (κ1) is 18.7. The van der Waals surface area contributed by atoms with Crippen LogP contribution in [0.1, 0.15) is 22.5 Å². The first-order valence-electron chi connectivity index (χ1n) is 9.09. The molecule has 0 spiro atoms. The summed E-state index contributed by atoms with van der Waals surface area (Å²) in [5, 5.41) is 7.62. The van der Waals surface area contributed by atoms with Crippen LogP contribution in [0.4, 0.5) is 5.69 Å². The van der Waals surface area contributed by atoms with Gasteiger partial charge in [-0.1, -0.05) is 30.3 Å². The van der Waals surface area contributed by atoms with E-state index in [9.17, 15) is 4.79 Å². The summed E-state index contributed by atoms with van der Waals surface area (Å²) in [6, 6.07) is 18.2. The normalized spacial score (nSPS) is 10.7. The van der Waals surface area contributed by atoms with Crippen molar-refractivity contribution in [3.05, 3.63) is 77.1 Å². The maximum atomic E-state index is 12.5. The Morgan fingerprint density at radius 2 is 1.70 bits per heavy atom. The topological polar surface area (TPSA) is 50.2 Å². The second-order valence-corrected chi connectivity index (χ2v) is 6.91. The number of carbonyl (C=O) groups excluding carboxylic acids is 1. The molecule has 1 N–H and O–H groups in total. The second kappa shape index (κ2) is 8.08. The van der Waals surface area contributed by atoms with Crippen molar-refractivity contribution in [2.24, 2.45) is 0 Å². The number of benzene rings is 2. The molecule has 0 atom stereocenters. The number of aromatic nitrogens is 2. The number of rotatable bonds is 6. The van der Waals surface area contributed by atoms with E-state index in [1.165, 1.54) is 0 Å². The average Bonchev–Trinajstić information content (AvgIpc) is 2.95. The van der Waals surface area contributed by atoms with Gasteiger partial charge in [0, 0.05) is 37.6 Å². The summed E-state index contributed by atoms with van der Waals surface area (Å²) >= 11 is 0. The number of hydrogen-bond acceptors (Lipinski definition) is 3. The molecule has 0 aliphatic carbocycles. The molecule has 3 aromatic rings. The Balaban J connectivity index is 1.65. The van der Waals surface area contributed by atoms with Crippen LogP contribution in [0.2, 0.25) is 0 Å². The molecule has 0 bridgehead atoms. The monoisotopic (exact) mass is 362 g/mol. The van der Waals surface area contributed by atoms with Gasteiger partial charge in [-0.25, -0.2) is 4.68 Å². The molecule has 1 heterocycles. The van der Waals surface area contributed by atoms with Crippen LogP contribution in [0.5, 0.6) is 0 Å². The molecule has 5 nitrogen and oxygen atoms in total. The Kier molecular flexibility index (Phi) is 5.60. The zero-order chi connectivity index (χ0) is 19.4. The van der Waals surface area contributed by atoms with Crippen molar-refractivity contribution in [3.8, 4) is 5.69 Å². The fourth-order valence-corrected chi connectivity index (χ4v) is 3.09. The lowest BCUT2D eigenvalue weighted by Crippen LogP contribution is -2.25. The van der Waals surface area contributed by atoms with Crippen molar-refractivity contribution < 1.29 is 4.79 Å². The average molecular weight is 362 g/mol. The Bertz CT molecular complexity index is 911. The minimum atomic E-state index is 0.00509. The number of hydrogen-bond donors (Lipinski definition) is 1. The molecular formula is C22H26N4O. The number of amides is 1. The molecule has 1 amide bonds. The van der Waals surface area contributed by atoms with Crippen LogP contribution >= 0.6 is 0 Å². The van der Waals surface area contributed by atoms with E-state index in [-0.39, 0.29) is 5.91 Å². The third kappa shape index (κ3) is 4.37. The first-order chi connectivity index (χ1) is 13.0. The van der Waals surface area contributed by atoms with E-state index in [0.29, 0.717) is 13.0 Å². The summed E-state index contributed by atoms with van der Waals surface area (Å²) in [6.07, 6.45) is 0.334. The van der Waals surface area contributed by atoms with Crippen molar-refractivity contribution in [1.82, 2.24) is 15.1 Å². The summed E-state index contributed by atoms with van der Waals surface area (Å²) in [4.78, 5) is 14.5. The Morgan fingerprint density at radius 3 is 2.33 bits per heavy atom. The highest BCUT2D eigenvalue weighted by Gasteiger charge is 2.15. The SMILES string of the molecule is Cc1nn(-c2ccccc2)c(C)c1CC(=O)NCc1ccc(N(C)C)cc1. The van der Waals surface area contributed by atoms with Gasteiger partial charge in [-0.05, 0) is 43.7 Å². The largest absolute Gasteiger partial charge is 0.378 e. The number of anilines is 1. The van der Waals surface area contributed by atoms with Crippen LogP contribution in [0.15, 0.2) is 54.6 Å². The molecule has 5 heteroatoms. The third-order valence-corrected chi connectivity index (χ3v) is 4.72. The molecule has 0 aliphatic rings. The zero-order valence-electron chi connectivity index (χ0n) is 16.4. The highest BCUT2D eigenvalue weighted by atomic mass is 16.1. The number of para-hydroxylation sites is 1. The van der Waals surface area contributed by atoms with Crippen LogP contribution in [0.25, 0.3) is 5.69 Å². The molecular weight excluding hydrogens is 336 g/mol. The van der Waals surface area contributed by atoms with Gasteiger partial charge in [0.15, 0.2) is 0 Å². The van der Waals surface area contributed by atoms with Crippen molar-refractivity contribution in [3.63, 3.8) is 0 Å². The van der Waals surface area contributed by atoms with Gasteiger partial charge in [-0.15, -0.1) is 0 Å². The van der Waals surface area contributed by atoms with Crippen LogP contribution < -0.4 is 10.2 Å². The second-order valence-electron chi connectivity index (χ2n) is 6.91. The predicted molar refractivity (Wildman–Crippen MR) is 109 cm³/mol. The summed E-state index contributed by atoms with van der Waals surface area (Å²) in [6.45, 7) is 4.49. The maximum Gasteiger partial charge on any atom is 0.224 e. The van der Waals surface area contributed by atoms with Gasteiger partial charge in [-0.3, -0.25) is 4.79 Å². The number of nitrogens with one attached hydrogen (secondary N) is 1. The fourth-order valence-electron chi connectivity index (χ4n) is 3.09. The molecule has 3 rings (SSSR count). The number of aryl methyl sites for hydroxylation is 1. The third-order valence-electron chi connectivity index (χ3n) is 4.72. The lowest BCUT2D eigenvalue weighted by Gasteiger charge is -2.13. The van der Waals surface area contributed by atoms with E-state index in [1.807, 2.05) is 75.1 Å². The Hall–Kier alpha value is -3.08. The highest BCUT2D eigenvalue weighted by Crippen LogP contribution is 2.18. The van der Waals surface area contributed by atoms with E-state index < -0.39 is 0 Å². The van der Waals surface area contributed by atoms with Crippen LogP contribution in [-0.2, 0) is 17.8 Å². The van der Waals surface area contributed by atoms with Gasteiger partial charge in [0.25, 0.3) is 0 Å². The Labute approximate surface area is 160 Å². The maximum absolute atomic E-state index is 12.5. The molecule has 0 saturated heterocycles. The molecule has 2 aromatic carbocycles. The molecule has 0 radical (unpaired) electrons. The molecule has 0 saturated carbocycles. The predicted octanol–water partition coefficient (Wildman–Crippen LogP) is 3.41. The van der Waals surface area contributed by atoms with Crippen LogP contribution in [0.3, 0.4) is 0 Å². The zero-order valence-corrected chi connectivity index (χ0v) is 16.4. The molecule has 0 fully saturated rings. The molecule has 0 unspecified atom stereocenters. The van der Waals surface area contributed by atoms with Crippen LogP contribution in [-0.4, -0.2) is 29.8 Å². The van der Waals surface area contributed by atoms with Gasteiger partial charge in [0.2, 0.25) is 5.91 Å². The molecule has 1 aromatic heterocycles. The van der Waals surface area contributed by atoms with Crippen molar-refractivity contribution in [2.75, 3.05) is 19.0 Å². The van der Waals surface area contributed by atoms with E-state index in [0.717, 1.165) is 33.9 Å². The van der Waals surface area contributed by atoms with Crippen molar-refractivity contribution in [2.45, 2.75) is 26.8 Å². The number of nitrogens with zero attached hydrogens (tertiary/aromatic N) is 3. The van der Waals surface area contributed by atoms with E-state index in [1.54, 1.807) is 0 Å². The standard InChI is InChI=1S/C22H26N4O/c1-16-21(17(2)26(24-16)20-8-6-5-7-9-20)14-22(27)23-15-18-10-12-19(13-11-18)25(3)4/h5-13H,14-15H2,1-4H3,(H,23,27). The van der Waals surface area contributed by atoms with E-state index >= 15 is 0 Å². The lowest BCUT2D eigenvalue weighted by atomic mass is 10.1.